The van der Waals surface area contributed by atoms with Crippen molar-refractivity contribution in [1.82, 2.24) is 4.90 Å². The van der Waals surface area contributed by atoms with E-state index < -0.39 is 0 Å². The number of benzene rings is 1. The fourth-order valence-corrected chi connectivity index (χ4v) is 2.75. The number of rotatable bonds is 5. The highest BCUT2D eigenvalue weighted by Gasteiger charge is 2.17. The van der Waals surface area contributed by atoms with Crippen LogP contribution in [0.5, 0.6) is 5.75 Å². The first-order valence-corrected chi connectivity index (χ1v) is 7.95. The fraction of sp³-hybridized carbons (Fsp3) is 0.588. The highest BCUT2D eigenvalue weighted by molar-refractivity contribution is 5.78. The molecule has 0 aromatic heterocycles. The normalized spacial score (nSPS) is 19.6. The lowest BCUT2D eigenvalue weighted by molar-refractivity contribution is 0.270. The van der Waals surface area contributed by atoms with E-state index in [2.05, 4.69) is 28.9 Å². The third-order valence-corrected chi connectivity index (χ3v) is 3.86. The van der Waals surface area contributed by atoms with Gasteiger partial charge >= 0.3 is 0 Å². The van der Waals surface area contributed by atoms with E-state index in [-0.39, 0.29) is 0 Å². The van der Waals surface area contributed by atoms with Crippen molar-refractivity contribution in [3.8, 4) is 5.75 Å². The Morgan fingerprint density at radius 3 is 3.10 bits per heavy atom. The number of nitrogens with zero attached hydrogens (tertiary/aromatic N) is 2. The van der Waals surface area contributed by atoms with Crippen LogP contribution < -0.4 is 10.5 Å². The van der Waals surface area contributed by atoms with Gasteiger partial charge in [0.2, 0.25) is 0 Å². The second kappa shape index (κ2) is 7.91. The standard InChI is InChI=1S/C17H27N3O/c1-3-21-16-8-4-7-15(12-16)9-10-19-17(18)20-11-5-6-14(2)13-20/h4,7-8,12,14H,3,5-6,9-11,13H2,1-2H3,(H2,18,19). The summed E-state index contributed by atoms with van der Waals surface area (Å²) in [4.78, 5) is 6.75. The summed E-state index contributed by atoms with van der Waals surface area (Å²) in [5.74, 6) is 2.34. The number of nitrogens with two attached hydrogens (primary N) is 1. The van der Waals surface area contributed by atoms with Crippen molar-refractivity contribution in [3.63, 3.8) is 0 Å². The van der Waals surface area contributed by atoms with Crippen molar-refractivity contribution in [1.29, 1.82) is 0 Å². The van der Waals surface area contributed by atoms with Gasteiger partial charge in [-0.05, 0) is 49.8 Å². The van der Waals surface area contributed by atoms with E-state index >= 15 is 0 Å². The van der Waals surface area contributed by atoms with E-state index in [1.165, 1.54) is 18.4 Å². The van der Waals surface area contributed by atoms with Gasteiger partial charge in [-0.1, -0.05) is 19.1 Å². The number of guanidine groups is 1. The molecular formula is C17H27N3O. The summed E-state index contributed by atoms with van der Waals surface area (Å²) in [6, 6.07) is 8.20. The van der Waals surface area contributed by atoms with Crippen LogP contribution in [0, 0.1) is 5.92 Å². The maximum absolute atomic E-state index is 6.10. The van der Waals surface area contributed by atoms with E-state index in [9.17, 15) is 0 Å². The molecule has 1 fully saturated rings. The molecule has 1 aliphatic heterocycles. The van der Waals surface area contributed by atoms with Gasteiger partial charge in [0.1, 0.15) is 5.75 Å². The zero-order chi connectivity index (χ0) is 15.1. The average molecular weight is 289 g/mol. The van der Waals surface area contributed by atoms with E-state index in [1.807, 2.05) is 19.1 Å². The zero-order valence-electron chi connectivity index (χ0n) is 13.2. The van der Waals surface area contributed by atoms with Crippen LogP contribution in [-0.2, 0) is 6.42 Å². The van der Waals surface area contributed by atoms with Gasteiger partial charge in [-0.3, -0.25) is 4.99 Å². The van der Waals surface area contributed by atoms with Crippen LogP contribution in [-0.4, -0.2) is 37.1 Å². The maximum Gasteiger partial charge on any atom is 0.191 e. The largest absolute Gasteiger partial charge is 0.494 e. The summed E-state index contributed by atoms with van der Waals surface area (Å²) in [5.41, 5.74) is 7.34. The van der Waals surface area contributed by atoms with Crippen LogP contribution in [0.15, 0.2) is 29.3 Å². The molecule has 1 aliphatic rings. The molecule has 1 unspecified atom stereocenters. The number of likely N-dealkylation sites (tertiary alicyclic amines) is 1. The number of hydrogen-bond acceptors (Lipinski definition) is 2. The van der Waals surface area contributed by atoms with Gasteiger partial charge in [0.05, 0.1) is 6.61 Å². The van der Waals surface area contributed by atoms with Gasteiger partial charge in [0.15, 0.2) is 5.96 Å². The Morgan fingerprint density at radius 2 is 2.33 bits per heavy atom. The number of ether oxygens (including phenoxy) is 1. The Kier molecular flexibility index (Phi) is 5.90. The van der Waals surface area contributed by atoms with Crippen LogP contribution >= 0.6 is 0 Å². The van der Waals surface area contributed by atoms with Crippen LogP contribution in [0.25, 0.3) is 0 Å². The van der Waals surface area contributed by atoms with E-state index in [1.54, 1.807) is 0 Å². The molecule has 4 nitrogen and oxygen atoms in total. The third kappa shape index (κ3) is 4.96. The van der Waals surface area contributed by atoms with Crippen molar-refractivity contribution in [2.45, 2.75) is 33.1 Å². The second-order valence-electron chi connectivity index (χ2n) is 5.76. The van der Waals surface area contributed by atoms with E-state index in [0.717, 1.165) is 37.7 Å². The van der Waals surface area contributed by atoms with Gasteiger partial charge in [-0.25, -0.2) is 0 Å². The number of aliphatic imine (C=N–C) groups is 1. The molecule has 1 saturated heterocycles. The quantitative estimate of drug-likeness (QED) is 0.670. The van der Waals surface area contributed by atoms with Gasteiger partial charge in [-0.2, -0.15) is 0 Å². The van der Waals surface area contributed by atoms with Crippen molar-refractivity contribution >= 4 is 5.96 Å². The second-order valence-corrected chi connectivity index (χ2v) is 5.76. The Morgan fingerprint density at radius 1 is 1.48 bits per heavy atom. The molecular weight excluding hydrogens is 262 g/mol. The molecule has 0 spiro atoms. The predicted octanol–water partition coefficient (Wildman–Crippen LogP) is 2.67. The minimum absolute atomic E-state index is 0.696. The molecule has 0 radical (unpaired) electrons. The molecule has 1 atom stereocenters. The molecule has 116 valence electrons. The maximum atomic E-state index is 6.10. The molecule has 2 rings (SSSR count). The highest BCUT2D eigenvalue weighted by Crippen LogP contribution is 2.15. The van der Waals surface area contributed by atoms with Crippen molar-refractivity contribution in [2.24, 2.45) is 16.6 Å². The van der Waals surface area contributed by atoms with Gasteiger partial charge < -0.3 is 15.4 Å². The molecule has 2 N–H and O–H groups in total. The Balaban J connectivity index is 1.84. The first kappa shape index (κ1) is 15.7. The lowest BCUT2D eigenvalue weighted by Crippen LogP contribution is -2.43. The Bertz CT molecular complexity index is 473. The number of piperidine rings is 1. The molecule has 0 amide bonds. The topological polar surface area (TPSA) is 50.9 Å². The van der Waals surface area contributed by atoms with Crippen molar-refractivity contribution in [3.05, 3.63) is 29.8 Å². The summed E-state index contributed by atoms with van der Waals surface area (Å²) < 4.78 is 5.51. The van der Waals surface area contributed by atoms with Crippen LogP contribution in [0.4, 0.5) is 0 Å². The van der Waals surface area contributed by atoms with Crippen LogP contribution in [0.1, 0.15) is 32.3 Å². The van der Waals surface area contributed by atoms with Crippen molar-refractivity contribution < 1.29 is 4.74 Å². The minimum atomic E-state index is 0.696. The summed E-state index contributed by atoms with van der Waals surface area (Å²) in [5, 5.41) is 0. The molecule has 0 saturated carbocycles. The highest BCUT2D eigenvalue weighted by atomic mass is 16.5. The summed E-state index contributed by atoms with van der Waals surface area (Å²) in [6.45, 7) is 7.78. The van der Waals surface area contributed by atoms with E-state index in [4.69, 9.17) is 10.5 Å². The first-order valence-electron chi connectivity index (χ1n) is 7.95. The lowest BCUT2D eigenvalue weighted by atomic mass is 10.0. The zero-order valence-corrected chi connectivity index (χ0v) is 13.2. The third-order valence-electron chi connectivity index (χ3n) is 3.86. The average Bonchev–Trinajstić information content (AvgIpc) is 2.48. The van der Waals surface area contributed by atoms with Gasteiger partial charge in [0, 0.05) is 19.6 Å². The summed E-state index contributed by atoms with van der Waals surface area (Å²) >= 11 is 0. The van der Waals surface area contributed by atoms with Gasteiger partial charge in [0.25, 0.3) is 0 Å². The smallest absolute Gasteiger partial charge is 0.191 e. The van der Waals surface area contributed by atoms with Gasteiger partial charge in [-0.15, -0.1) is 0 Å². The molecule has 0 bridgehead atoms. The van der Waals surface area contributed by atoms with Crippen molar-refractivity contribution in [2.75, 3.05) is 26.2 Å². The predicted molar refractivity (Wildman–Crippen MR) is 87.8 cm³/mol. The number of hydrogen-bond donors (Lipinski definition) is 1. The molecule has 21 heavy (non-hydrogen) atoms. The fourth-order valence-electron chi connectivity index (χ4n) is 2.75. The minimum Gasteiger partial charge on any atom is -0.494 e. The molecule has 1 aromatic rings. The molecule has 4 heteroatoms. The Labute approximate surface area is 128 Å². The molecule has 1 aromatic carbocycles. The summed E-state index contributed by atoms with van der Waals surface area (Å²) in [7, 11) is 0. The summed E-state index contributed by atoms with van der Waals surface area (Å²) in [6.07, 6.45) is 3.41. The van der Waals surface area contributed by atoms with Crippen LogP contribution in [0.3, 0.4) is 0 Å². The first-order chi connectivity index (χ1) is 10.2. The SMILES string of the molecule is CCOc1cccc(CCN=C(N)N2CCCC(C)C2)c1. The monoisotopic (exact) mass is 289 g/mol. The lowest BCUT2D eigenvalue weighted by Gasteiger charge is -2.31. The molecule has 0 aliphatic carbocycles. The molecule has 1 heterocycles. The Hall–Kier alpha value is -1.71. The van der Waals surface area contributed by atoms with Crippen LogP contribution in [0.2, 0.25) is 0 Å². The van der Waals surface area contributed by atoms with E-state index in [0.29, 0.717) is 12.6 Å².